The first-order valence-corrected chi connectivity index (χ1v) is 6.72. The van der Waals surface area contributed by atoms with E-state index in [1.807, 2.05) is 31.3 Å². The predicted octanol–water partition coefficient (Wildman–Crippen LogP) is 2.78. The minimum Gasteiger partial charge on any atom is -0.378 e. The number of amides is 1. The van der Waals surface area contributed by atoms with E-state index < -0.39 is 0 Å². The molecule has 20 heavy (non-hydrogen) atoms. The number of aryl methyl sites for hydroxylation is 2. The minimum absolute atomic E-state index is 0.0632. The molecule has 1 aromatic heterocycles. The number of imidazole rings is 1. The van der Waals surface area contributed by atoms with E-state index in [0.717, 1.165) is 29.3 Å². The van der Waals surface area contributed by atoms with Crippen LogP contribution in [0, 0.1) is 6.92 Å². The molecule has 0 saturated carbocycles. The molecule has 0 spiro atoms. The van der Waals surface area contributed by atoms with Gasteiger partial charge in [0, 0.05) is 37.2 Å². The van der Waals surface area contributed by atoms with E-state index in [4.69, 9.17) is 0 Å². The Morgan fingerprint density at radius 3 is 2.90 bits per heavy atom. The molecule has 0 radical (unpaired) electrons. The first-order chi connectivity index (χ1) is 9.60. The lowest BCUT2D eigenvalue weighted by Crippen LogP contribution is -2.09. The van der Waals surface area contributed by atoms with Gasteiger partial charge in [0.15, 0.2) is 0 Å². The zero-order chi connectivity index (χ0) is 14.5. The van der Waals surface area contributed by atoms with Crippen molar-refractivity contribution in [2.45, 2.75) is 33.9 Å². The Morgan fingerprint density at radius 1 is 1.40 bits per heavy atom. The average molecular weight is 272 g/mol. The minimum atomic E-state index is -0.0632. The first-order valence-electron chi connectivity index (χ1n) is 6.72. The normalized spacial score (nSPS) is 10.3. The highest BCUT2D eigenvalue weighted by Crippen LogP contribution is 2.20. The quantitative estimate of drug-likeness (QED) is 0.880. The summed E-state index contributed by atoms with van der Waals surface area (Å²) in [5, 5.41) is 6.16. The second-order valence-corrected chi connectivity index (χ2v) is 4.69. The lowest BCUT2D eigenvalue weighted by atomic mass is 10.1. The summed E-state index contributed by atoms with van der Waals surface area (Å²) in [5.41, 5.74) is 2.84. The fourth-order valence-electron chi connectivity index (χ4n) is 2.03. The van der Waals surface area contributed by atoms with Crippen LogP contribution in [0.3, 0.4) is 0 Å². The lowest BCUT2D eigenvalue weighted by molar-refractivity contribution is -0.114. The number of hydrogen-bond donors (Lipinski definition) is 2. The number of anilines is 2. The second-order valence-electron chi connectivity index (χ2n) is 4.69. The van der Waals surface area contributed by atoms with Crippen LogP contribution < -0.4 is 10.6 Å². The van der Waals surface area contributed by atoms with Crippen molar-refractivity contribution in [3.8, 4) is 0 Å². The molecule has 0 atom stereocenters. The number of rotatable bonds is 5. The summed E-state index contributed by atoms with van der Waals surface area (Å²) in [7, 11) is 0. The summed E-state index contributed by atoms with van der Waals surface area (Å²) in [6.07, 6.45) is 3.77. The summed E-state index contributed by atoms with van der Waals surface area (Å²) in [6.45, 7) is 7.13. The van der Waals surface area contributed by atoms with Crippen molar-refractivity contribution in [2.24, 2.45) is 0 Å². The van der Waals surface area contributed by atoms with E-state index in [1.165, 1.54) is 6.92 Å². The Bertz CT molecular complexity index is 604. The van der Waals surface area contributed by atoms with E-state index in [9.17, 15) is 4.79 Å². The van der Waals surface area contributed by atoms with Crippen LogP contribution in [-0.2, 0) is 17.9 Å². The zero-order valence-electron chi connectivity index (χ0n) is 12.1. The number of benzene rings is 1. The van der Waals surface area contributed by atoms with Gasteiger partial charge in [-0.3, -0.25) is 4.79 Å². The third-order valence-corrected chi connectivity index (χ3v) is 3.14. The summed E-state index contributed by atoms with van der Waals surface area (Å²) < 4.78 is 2.09. The van der Waals surface area contributed by atoms with E-state index in [2.05, 4.69) is 27.1 Å². The fraction of sp³-hybridized carbons (Fsp3) is 0.333. The van der Waals surface area contributed by atoms with Gasteiger partial charge < -0.3 is 15.2 Å². The van der Waals surface area contributed by atoms with Crippen molar-refractivity contribution in [2.75, 3.05) is 10.6 Å². The molecule has 106 valence electrons. The van der Waals surface area contributed by atoms with Gasteiger partial charge in [-0.2, -0.15) is 0 Å². The number of hydrogen-bond acceptors (Lipinski definition) is 3. The topological polar surface area (TPSA) is 59.0 Å². The van der Waals surface area contributed by atoms with Gasteiger partial charge in [-0.1, -0.05) is 6.07 Å². The molecule has 0 aliphatic heterocycles. The molecule has 5 heteroatoms. The van der Waals surface area contributed by atoms with Gasteiger partial charge >= 0.3 is 0 Å². The maximum absolute atomic E-state index is 11.2. The molecule has 0 saturated heterocycles. The van der Waals surface area contributed by atoms with Crippen molar-refractivity contribution < 1.29 is 4.79 Å². The number of carbonyl (C=O) groups excluding carboxylic acids is 1. The van der Waals surface area contributed by atoms with Gasteiger partial charge in [-0.05, 0) is 31.5 Å². The molecule has 2 aromatic rings. The molecular weight excluding hydrogens is 252 g/mol. The second kappa shape index (κ2) is 6.23. The average Bonchev–Trinajstić information content (AvgIpc) is 2.86. The number of aromatic nitrogens is 2. The van der Waals surface area contributed by atoms with Crippen molar-refractivity contribution in [1.29, 1.82) is 0 Å². The van der Waals surface area contributed by atoms with Gasteiger partial charge in [-0.25, -0.2) is 4.98 Å². The van der Waals surface area contributed by atoms with Crippen LogP contribution >= 0.6 is 0 Å². The fourth-order valence-corrected chi connectivity index (χ4v) is 2.03. The SMILES string of the molecule is CCn1ccnc1CNc1ccc(C)c(NC(C)=O)c1. The van der Waals surface area contributed by atoms with Gasteiger partial charge in [0.2, 0.25) is 5.91 Å². The molecule has 2 rings (SSSR count). The van der Waals surface area contributed by atoms with E-state index >= 15 is 0 Å². The molecule has 0 bridgehead atoms. The monoisotopic (exact) mass is 272 g/mol. The molecule has 1 heterocycles. The standard InChI is InChI=1S/C15H20N4O/c1-4-19-8-7-16-15(19)10-17-13-6-5-11(2)14(9-13)18-12(3)20/h5-9,17H,4,10H2,1-3H3,(H,18,20). The summed E-state index contributed by atoms with van der Waals surface area (Å²) >= 11 is 0. The van der Waals surface area contributed by atoms with Crippen LogP contribution in [0.5, 0.6) is 0 Å². The van der Waals surface area contributed by atoms with Crippen molar-refractivity contribution in [1.82, 2.24) is 9.55 Å². The smallest absolute Gasteiger partial charge is 0.221 e. The molecule has 0 unspecified atom stereocenters. The van der Waals surface area contributed by atoms with E-state index in [1.54, 1.807) is 6.20 Å². The Morgan fingerprint density at radius 2 is 2.20 bits per heavy atom. The first kappa shape index (κ1) is 14.1. The van der Waals surface area contributed by atoms with Crippen molar-refractivity contribution in [3.63, 3.8) is 0 Å². The predicted molar refractivity (Wildman–Crippen MR) is 80.7 cm³/mol. The molecule has 1 amide bonds. The molecule has 0 aliphatic carbocycles. The highest BCUT2D eigenvalue weighted by Gasteiger charge is 2.04. The Kier molecular flexibility index (Phi) is 4.40. The van der Waals surface area contributed by atoms with Crippen LogP contribution in [0.25, 0.3) is 0 Å². The molecule has 5 nitrogen and oxygen atoms in total. The molecule has 1 aromatic carbocycles. The lowest BCUT2D eigenvalue weighted by Gasteiger charge is -2.11. The van der Waals surface area contributed by atoms with Crippen LogP contribution in [0.1, 0.15) is 25.2 Å². The van der Waals surface area contributed by atoms with Crippen molar-refractivity contribution in [3.05, 3.63) is 42.0 Å². The van der Waals surface area contributed by atoms with Gasteiger partial charge in [-0.15, -0.1) is 0 Å². The van der Waals surface area contributed by atoms with Crippen LogP contribution in [-0.4, -0.2) is 15.5 Å². The molecule has 2 N–H and O–H groups in total. The summed E-state index contributed by atoms with van der Waals surface area (Å²) in [5.74, 6) is 0.931. The summed E-state index contributed by atoms with van der Waals surface area (Å²) in [4.78, 5) is 15.5. The van der Waals surface area contributed by atoms with E-state index in [-0.39, 0.29) is 5.91 Å². The largest absolute Gasteiger partial charge is 0.378 e. The third-order valence-electron chi connectivity index (χ3n) is 3.14. The Hall–Kier alpha value is -2.30. The molecular formula is C15H20N4O. The van der Waals surface area contributed by atoms with E-state index in [0.29, 0.717) is 6.54 Å². The van der Waals surface area contributed by atoms with Crippen LogP contribution in [0.4, 0.5) is 11.4 Å². The Balaban J connectivity index is 2.08. The highest BCUT2D eigenvalue weighted by molar-refractivity contribution is 5.90. The zero-order valence-corrected chi connectivity index (χ0v) is 12.1. The Labute approximate surface area is 119 Å². The van der Waals surface area contributed by atoms with Gasteiger partial charge in [0.1, 0.15) is 5.82 Å². The third kappa shape index (κ3) is 3.38. The van der Waals surface area contributed by atoms with Gasteiger partial charge in [0.25, 0.3) is 0 Å². The van der Waals surface area contributed by atoms with Crippen LogP contribution in [0.15, 0.2) is 30.6 Å². The maximum atomic E-state index is 11.2. The molecule has 0 aliphatic rings. The molecule has 0 fully saturated rings. The highest BCUT2D eigenvalue weighted by atomic mass is 16.1. The summed E-state index contributed by atoms with van der Waals surface area (Å²) in [6, 6.07) is 5.93. The number of nitrogens with zero attached hydrogens (tertiary/aromatic N) is 2. The maximum Gasteiger partial charge on any atom is 0.221 e. The van der Waals surface area contributed by atoms with Gasteiger partial charge in [0.05, 0.1) is 6.54 Å². The number of carbonyl (C=O) groups is 1. The number of nitrogens with one attached hydrogen (secondary N) is 2. The van der Waals surface area contributed by atoms with Crippen molar-refractivity contribution >= 4 is 17.3 Å². The van der Waals surface area contributed by atoms with Crippen LogP contribution in [0.2, 0.25) is 0 Å².